The second kappa shape index (κ2) is 6.28. The van der Waals surface area contributed by atoms with Gasteiger partial charge < -0.3 is 15.3 Å². The van der Waals surface area contributed by atoms with Crippen molar-refractivity contribution in [2.75, 3.05) is 13.1 Å². The number of aliphatic carboxylic acids is 1. The van der Waals surface area contributed by atoms with E-state index in [0.717, 1.165) is 17.3 Å². The number of nitrogens with zero attached hydrogens (tertiary/aromatic N) is 1. The molecule has 5 nitrogen and oxygen atoms in total. The first-order chi connectivity index (χ1) is 10.6. The Morgan fingerprint density at radius 1 is 1.23 bits per heavy atom. The summed E-state index contributed by atoms with van der Waals surface area (Å²) in [6.07, 6.45) is 2.95. The predicted molar refractivity (Wildman–Crippen MR) is 85.7 cm³/mol. The van der Waals surface area contributed by atoms with Crippen LogP contribution in [0.1, 0.15) is 36.4 Å². The maximum Gasteiger partial charge on any atom is 0.317 e. The molecule has 6 heteroatoms. The predicted octanol–water partition coefficient (Wildman–Crippen LogP) is 2.94. The van der Waals surface area contributed by atoms with Crippen molar-refractivity contribution >= 4 is 27.9 Å². The second-order valence-electron chi connectivity index (χ2n) is 5.95. The van der Waals surface area contributed by atoms with E-state index >= 15 is 0 Å². The number of piperidine rings is 1. The topological polar surface area (TPSA) is 69.6 Å². The fourth-order valence-electron chi connectivity index (χ4n) is 3.33. The zero-order valence-corrected chi connectivity index (χ0v) is 13.8. The van der Waals surface area contributed by atoms with Gasteiger partial charge in [-0.05, 0) is 42.9 Å². The van der Waals surface area contributed by atoms with Crippen molar-refractivity contribution in [3.63, 3.8) is 0 Å². The summed E-state index contributed by atoms with van der Waals surface area (Å²) >= 11 is 3.56. The molecule has 1 atom stereocenters. The molecule has 0 saturated carbocycles. The molecule has 1 fully saturated rings. The van der Waals surface area contributed by atoms with Crippen LogP contribution in [-0.2, 0) is 11.2 Å². The summed E-state index contributed by atoms with van der Waals surface area (Å²) in [5, 5.41) is 12.1. The number of halogens is 1. The highest BCUT2D eigenvalue weighted by molar-refractivity contribution is 9.10. The summed E-state index contributed by atoms with van der Waals surface area (Å²) in [7, 11) is 0. The lowest BCUT2D eigenvalue weighted by Crippen LogP contribution is -2.46. The summed E-state index contributed by atoms with van der Waals surface area (Å²) in [6, 6.07) is 6.05. The molecule has 0 radical (unpaired) electrons. The van der Waals surface area contributed by atoms with E-state index < -0.39 is 5.97 Å². The minimum atomic E-state index is -0.755. The molecule has 0 spiro atoms. The van der Waals surface area contributed by atoms with Crippen molar-refractivity contribution in [1.82, 2.24) is 10.2 Å². The van der Waals surface area contributed by atoms with Crippen LogP contribution in [0.5, 0.6) is 0 Å². The van der Waals surface area contributed by atoms with Gasteiger partial charge in [-0.25, -0.2) is 4.79 Å². The smallest absolute Gasteiger partial charge is 0.317 e. The zero-order valence-electron chi connectivity index (χ0n) is 12.2. The van der Waals surface area contributed by atoms with Crippen LogP contribution < -0.4 is 5.32 Å². The van der Waals surface area contributed by atoms with Crippen LogP contribution in [0.2, 0.25) is 0 Å². The first-order valence-corrected chi connectivity index (χ1v) is 8.41. The Balaban J connectivity index is 1.60. The maximum atomic E-state index is 12.4. The molecular weight excluding hydrogens is 348 g/mol. The van der Waals surface area contributed by atoms with Crippen LogP contribution in [0.4, 0.5) is 4.79 Å². The summed E-state index contributed by atoms with van der Waals surface area (Å²) in [4.78, 5) is 25.1. The molecule has 1 aliphatic carbocycles. The van der Waals surface area contributed by atoms with Crippen LogP contribution in [0, 0.1) is 5.92 Å². The summed E-state index contributed by atoms with van der Waals surface area (Å²) in [5.41, 5.74) is 2.46. The number of hydrogen-bond acceptors (Lipinski definition) is 2. The number of urea groups is 1. The fraction of sp³-hybridized carbons (Fsp3) is 0.500. The molecule has 2 amide bonds. The summed E-state index contributed by atoms with van der Waals surface area (Å²) in [6.45, 7) is 1.03. The SMILES string of the molecule is O=C(O)C1CCN(C(=O)NC2CCc3c(Br)cccc32)CC1. The zero-order chi connectivity index (χ0) is 15.7. The van der Waals surface area contributed by atoms with Crippen molar-refractivity contribution in [3.05, 3.63) is 33.8 Å². The molecule has 118 valence electrons. The average molecular weight is 367 g/mol. The number of likely N-dealkylation sites (tertiary alicyclic amines) is 1. The lowest BCUT2D eigenvalue weighted by atomic mass is 9.97. The number of amides is 2. The average Bonchev–Trinajstić information content (AvgIpc) is 2.92. The molecule has 0 aromatic heterocycles. The van der Waals surface area contributed by atoms with Crippen molar-refractivity contribution in [1.29, 1.82) is 0 Å². The molecule has 1 aromatic rings. The molecule has 2 aliphatic rings. The first kappa shape index (κ1) is 15.3. The maximum absolute atomic E-state index is 12.4. The normalized spacial score (nSPS) is 21.5. The molecule has 3 rings (SSSR count). The Morgan fingerprint density at radius 3 is 2.64 bits per heavy atom. The molecule has 2 N–H and O–H groups in total. The third-order valence-corrected chi connectivity index (χ3v) is 5.39. The van der Waals surface area contributed by atoms with Crippen LogP contribution in [0.15, 0.2) is 22.7 Å². The quantitative estimate of drug-likeness (QED) is 0.845. The standard InChI is InChI=1S/C16H19BrN2O3/c17-13-3-1-2-12-11(13)4-5-14(12)18-16(22)19-8-6-10(7-9-19)15(20)21/h1-3,10,14H,4-9H2,(H,18,22)(H,20,21). The Bertz CT molecular complexity index is 597. The van der Waals surface area contributed by atoms with E-state index in [1.54, 1.807) is 4.90 Å². The number of fused-ring (bicyclic) bond motifs is 1. The van der Waals surface area contributed by atoms with E-state index in [2.05, 4.69) is 27.3 Å². The number of carbonyl (C=O) groups excluding carboxylic acids is 1. The van der Waals surface area contributed by atoms with E-state index in [-0.39, 0.29) is 18.0 Å². The lowest BCUT2D eigenvalue weighted by Gasteiger charge is -2.31. The van der Waals surface area contributed by atoms with E-state index in [1.165, 1.54) is 11.1 Å². The van der Waals surface area contributed by atoms with Gasteiger partial charge in [0.05, 0.1) is 12.0 Å². The largest absolute Gasteiger partial charge is 0.481 e. The first-order valence-electron chi connectivity index (χ1n) is 7.62. The van der Waals surface area contributed by atoms with Gasteiger partial charge in [0, 0.05) is 17.6 Å². The second-order valence-corrected chi connectivity index (χ2v) is 6.80. The number of rotatable bonds is 2. The van der Waals surface area contributed by atoms with Crippen LogP contribution >= 0.6 is 15.9 Å². The molecule has 1 heterocycles. The minimum Gasteiger partial charge on any atom is -0.481 e. The van der Waals surface area contributed by atoms with Crippen molar-refractivity contribution < 1.29 is 14.7 Å². The lowest BCUT2D eigenvalue weighted by molar-refractivity contribution is -0.143. The van der Waals surface area contributed by atoms with Crippen molar-refractivity contribution in [2.24, 2.45) is 5.92 Å². The van der Waals surface area contributed by atoms with Crippen molar-refractivity contribution in [2.45, 2.75) is 31.7 Å². The third kappa shape index (κ3) is 2.97. The van der Waals surface area contributed by atoms with Gasteiger partial charge in [0.1, 0.15) is 0 Å². The monoisotopic (exact) mass is 366 g/mol. The van der Waals surface area contributed by atoms with Gasteiger partial charge in [-0.15, -0.1) is 0 Å². The van der Waals surface area contributed by atoms with Crippen LogP contribution in [0.3, 0.4) is 0 Å². The van der Waals surface area contributed by atoms with Gasteiger partial charge in [-0.3, -0.25) is 4.79 Å². The van der Waals surface area contributed by atoms with Crippen LogP contribution in [-0.4, -0.2) is 35.1 Å². The molecule has 1 unspecified atom stereocenters. The molecule has 1 aliphatic heterocycles. The van der Waals surface area contributed by atoms with Gasteiger partial charge in [-0.2, -0.15) is 0 Å². The van der Waals surface area contributed by atoms with Gasteiger partial charge in [-0.1, -0.05) is 28.1 Å². The van der Waals surface area contributed by atoms with Crippen LogP contribution in [0.25, 0.3) is 0 Å². The number of nitrogens with one attached hydrogen (secondary N) is 1. The number of carboxylic acids is 1. The Hall–Kier alpha value is -1.56. The highest BCUT2D eigenvalue weighted by atomic mass is 79.9. The molecule has 22 heavy (non-hydrogen) atoms. The summed E-state index contributed by atoms with van der Waals surface area (Å²) in [5.74, 6) is -1.07. The third-order valence-electron chi connectivity index (χ3n) is 4.64. The van der Waals surface area contributed by atoms with E-state index in [4.69, 9.17) is 5.11 Å². The summed E-state index contributed by atoms with van der Waals surface area (Å²) < 4.78 is 1.10. The highest BCUT2D eigenvalue weighted by Gasteiger charge is 2.30. The molecular formula is C16H19BrN2O3. The Kier molecular flexibility index (Phi) is 4.38. The fourth-order valence-corrected chi connectivity index (χ4v) is 3.91. The number of benzene rings is 1. The van der Waals surface area contributed by atoms with Gasteiger partial charge in [0.25, 0.3) is 0 Å². The van der Waals surface area contributed by atoms with Gasteiger partial charge in [0.15, 0.2) is 0 Å². The highest BCUT2D eigenvalue weighted by Crippen LogP contribution is 2.35. The van der Waals surface area contributed by atoms with E-state index in [1.807, 2.05) is 12.1 Å². The molecule has 0 bridgehead atoms. The van der Waals surface area contributed by atoms with Gasteiger partial charge in [0.2, 0.25) is 0 Å². The van der Waals surface area contributed by atoms with Crippen molar-refractivity contribution in [3.8, 4) is 0 Å². The molecule has 1 saturated heterocycles. The Labute approximate surface area is 137 Å². The van der Waals surface area contributed by atoms with E-state index in [9.17, 15) is 9.59 Å². The van der Waals surface area contributed by atoms with E-state index in [0.29, 0.717) is 25.9 Å². The number of carbonyl (C=O) groups is 2. The Morgan fingerprint density at radius 2 is 1.95 bits per heavy atom. The number of carboxylic acid groups (broad SMARTS) is 1. The van der Waals surface area contributed by atoms with Gasteiger partial charge >= 0.3 is 12.0 Å². The molecule has 1 aromatic carbocycles. The minimum absolute atomic E-state index is 0.0530. The number of hydrogen-bond donors (Lipinski definition) is 2.